The Labute approximate surface area is 610 Å². The van der Waals surface area contributed by atoms with Gasteiger partial charge in [-0.25, -0.2) is 0 Å². The number of hydrogen-bond donors (Lipinski definition) is 0. The van der Waals surface area contributed by atoms with Gasteiger partial charge in [0.05, 0.1) is 66.5 Å². The normalized spacial score (nSPS) is 16.3. The van der Waals surface area contributed by atoms with Crippen LogP contribution in [-0.4, -0.2) is 18.3 Å². The van der Waals surface area contributed by atoms with Gasteiger partial charge in [-0.1, -0.05) is 218 Å². The number of hydrogen-bond acceptors (Lipinski definition) is 4. The van der Waals surface area contributed by atoms with Gasteiger partial charge in [-0.2, -0.15) is 0 Å². The van der Waals surface area contributed by atoms with Crippen LogP contribution in [0.4, 0.5) is 0 Å². The van der Waals surface area contributed by atoms with E-state index in [9.17, 15) is 0 Å². The molecule has 0 amide bonds. The van der Waals surface area contributed by atoms with Crippen LogP contribution in [0.25, 0.3) is 111 Å². The molecular weight excluding hydrogens is 1300 g/mol. The lowest BCUT2D eigenvalue weighted by atomic mass is 9.60. The lowest BCUT2D eigenvalue weighted by molar-refractivity contribution is 0.324. The Hall–Kier alpha value is -13.3. The first-order chi connectivity index (χ1) is 52.6. The first-order valence-corrected chi connectivity index (χ1v) is 37.2. The van der Waals surface area contributed by atoms with Crippen LogP contribution in [0.15, 0.2) is 321 Å². The summed E-state index contributed by atoms with van der Waals surface area (Å²) in [6.45, 7) is 0. The van der Waals surface area contributed by atoms with Crippen LogP contribution in [-0.2, 0) is 17.3 Å². The minimum Gasteiger partial charge on any atom is -0.461 e. The molecule has 1 unspecified atom stereocenters. The average molecular weight is 1360 g/mol. The molecule has 0 bridgehead atoms. The smallest absolute Gasteiger partial charge is 0.156 e. The standard InChI is InChI=1S/C98H64N4O4/c1-11-37-78-62(24-1)63-25-2-12-38-79(63)99(78)61-52-54-74-93(58-61)105-94-75(97(74)70-30-7-17-46-89(70)103-90-47-18-8-31-71(90)97)34-21-43-85(94)102-82-41-15-5-28-66(82)68-53-50-60(57-88(68)102)59-51-55-84-69(56-59)67-29-6-16-42-83(67)101(84)87-45-23-36-77-96(87)106-95-76(98(77)72-32-9-19-48-91(72)104-92-49-20-10-33-73(92)98)35-22-44-86(95)100-80-39-13-3-26-64(80)65-27-4-14-40-81(65)100/h1-7,9-17,19-30,32-46,48-50,52-54,56-58H,8,18,31,47,51,55H2. The second-order valence-corrected chi connectivity index (χ2v) is 29.4. The summed E-state index contributed by atoms with van der Waals surface area (Å²) in [6, 6.07) is 114. The summed E-state index contributed by atoms with van der Waals surface area (Å²) < 4.78 is 39.6. The largest absolute Gasteiger partial charge is 0.461 e. The zero-order valence-corrected chi connectivity index (χ0v) is 57.7. The third kappa shape index (κ3) is 7.61. The van der Waals surface area contributed by atoms with Crippen molar-refractivity contribution in [2.45, 2.75) is 49.4 Å². The molecule has 24 rings (SSSR count). The fourth-order valence-electron chi connectivity index (χ4n) is 20.1. The van der Waals surface area contributed by atoms with E-state index in [-0.39, 0.29) is 0 Å². The zero-order chi connectivity index (χ0) is 69.1. The lowest BCUT2D eigenvalue weighted by Crippen LogP contribution is -2.40. The van der Waals surface area contributed by atoms with Gasteiger partial charge in [0, 0.05) is 106 Å². The highest BCUT2D eigenvalue weighted by Gasteiger charge is 2.54. The molecule has 0 radical (unpaired) electrons. The second-order valence-electron chi connectivity index (χ2n) is 29.4. The van der Waals surface area contributed by atoms with Crippen LogP contribution in [0.3, 0.4) is 0 Å². The maximum atomic E-state index is 7.94. The monoisotopic (exact) mass is 1360 g/mol. The Morgan fingerprint density at radius 3 is 1.26 bits per heavy atom. The molecule has 106 heavy (non-hydrogen) atoms. The molecule has 6 aliphatic rings. The van der Waals surface area contributed by atoms with Crippen LogP contribution in [0, 0.1) is 0 Å². The van der Waals surface area contributed by atoms with Gasteiger partial charge in [-0.05, 0) is 140 Å². The van der Waals surface area contributed by atoms with Crippen LogP contribution >= 0.6 is 0 Å². The van der Waals surface area contributed by atoms with Crippen molar-refractivity contribution < 1.29 is 18.9 Å². The molecule has 1 atom stereocenters. The van der Waals surface area contributed by atoms with E-state index in [0.717, 1.165) is 185 Å². The van der Waals surface area contributed by atoms with Crippen LogP contribution in [0.2, 0.25) is 0 Å². The molecule has 4 aliphatic heterocycles. The second kappa shape index (κ2) is 21.6. The summed E-state index contributed by atoms with van der Waals surface area (Å²) in [6.07, 6.45) is 8.05. The van der Waals surface area contributed by atoms with Gasteiger partial charge in [0.25, 0.3) is 0 Å². The molecule has 8 nitrogen and oxygen atoms in total. The first kappa shape index (κ1) is 58.2. The van der Waals surface area contributed by atoms with E-state index in [2.05, 4.69) is 334 Å². The summed E-state index contributed by atoms with van der Waals surface area (Å²) in [4.78, 5) is 0. The highest BCUT2D eigenvalue weighted by molar-refractivity contribution is 6.13. The molecule has 0 saturated carbocycles. The van der Waals surface area contributed by atoms with Crippen LogP contribution in [0.1, 0.15) is 87.9 Å². The molecule has 0 fully saturated rings. The molecule has 18 aromatic rings. The van der Waals surface area contributed by atoms with Gasteiger partial charge < -0.3 is 37.2 Å². The Bertz CT molecular complexity index is 6850. The van der Waals surface area contributed by atoms with Crippen molar-refractivity contribution in [2.24, 2.45) is 0 Å². The Balaban J connectivity index is 0.698. The van der Waals surface area contributed by atoms with E-state index < -0.39 is 10.8 Å². The van der Waals surface area contributed by atoms with Crippen molar-refractivity contribution >= 4 is 88.0 Å². The van der Waals surface area contributed by atoms with Crippen molar-refractivity contribution in [3.63, 3.8) is 0 Å². The Morgan fingerprint density at radius 2 is 0.689 bits per heavy atom. The van der Waals surface area contributed by atoms with E-state index in [0.29, 0.717) is 0 Å². The number of nitrogens with zero attached hydrogens (tertiary/aromatic N) is 4. The number of benzene rings is 14. The predicted octanol–water partition coefficient (Wildman–Crippen LogP) is 24.7. The highest BCUT2D eigenvalue weighted by atomic mass is 16.5. The van der Waals surface area contributed by atoms with E-state index in [4.69, 9.17) is 18.9 Å². The average Bonchev–Trinajstić information content (AvgIpc) is 0.735. The fraction of sp³-hybridized carbons (Fsp3) is 0.0816. The summed E-state index contributed by atoms with van der Waals surface area (Å²) >= 11 is 0. The Morgan fingerprint density at radius 1 is 0.264 bits per heavy atom. The molecule has 8 heterocycles. The summed E-state index contributed by atoms with van der Waals surface area (Å²) in [5.74, 6) is 6.95. The summed E-state index contributed by atoms with van der Waals surface area (Å²) in [5, 5.41) is 8.39. The number of ether oxygens (including phenoxy) is 4. The molecule has 0 saturated heterocycles. The van der Waals surface area contributed by atoms with Gasteiger partial charge in [-0.3, -0.25) is 0 Å². The van der Waals surface area contributed by atoms with E-state index in [1.807, 2.05) is 0 Å². The van der Waals surface area contributed by atoms with Crippen molar-refractivity contribution in [2.75, 3.05) is 0 Å². The minimum atomic E-state index is -0.849. The molecule has 2 aliphatic carbocycles. The van der Waals surface area contributed by atoms with Crippen molar-refractivity contribution in [3.8, 4) is 63.0 Å². The Kier molecular flexibility index (Phi) is 11.9. The third-order valence-electron chi connectivity index (χ3n) is 24.3. The maximum absolute atomic E-state index is 7.94. The van der Waals surface area contributed by atoms with Gasteiger partial charge in [0.2, 0.25) is 0 Å². The molecule has 2 spiro atoms. The predicted molar refractivity (Wildman–Crippen MR) is 426 cm³/mol. The van der Waals surface area contributed by atoms with Crippen LogP contribution in [0.5, 0.6) is 40.2 Å². The van der Waals surface area contributed by atoms with E-state index >= 15 is 0 Å². The third-order valence-corrected chi connectivity index (χ3v) is 24.3. The molecule has 500 valence electrons. The minimum absolute atomic E-state index is 0.703. The molecule has 4 aromatic heterocycles. The van der Waals surface area contributed by atoms with Crippen molar-refractivity contribution in [3.05, 3.63) is 376 Å². The molecule has 0 N–H and O–H groups in total. The van der Waals surface area contributed by atoms with Gasteiger partial charge in [0.1, 0.15) is 28.8 Å². The van der Waals surface area contributed by atoms with Crippen molar-refractivity contribution in [1.82, 2.24) is 18.3 Å². The number of allylic oxidation sites excluding steroid dienone is 3. The maximum Gasteiger partial charge on any atom is 0.156 e. The van der Waals surface area contributed by atoms with Gasteiger partial charge >= 0.3 is 0 Å². The topological polar surface area (TPSA) is 56.6 Å². The van der Waals surface area contributed by atoms with Gasteiger partial charge in [-0.15, -0.1) is 0 Å². The number of fused-ring (bicyclic) bond motifs is 27. The number of para-hydroxylation sites is 12. The fourth-order valence-corrected chi connectivity index (χ4v) is 20.1. The number of aromatic nitrogens is 4. The molecule has 8 heteroatoms. The van der Waals surface area contributed by atoms with Crippen LogP contribution < -0.4 is 18.9 Å². The summed E-state index contributed by atoms with van der Waals surface area (Å²) in [7, 11) is 0. The summed E-state index contributed by atoms with van der Waals surface area (Å²) in [5.41, 5.74) is 24.3. The molecular formula is C98H64N4O4. The number of rotatable bonds is 5. The first-order valence-electron chi connectivity index (χ1n) is 37.2. The molecule has 14 aromatic carbocycles. The highest BCUT2D eigenvalue weighted by Crippen LogP contribution is 2.66. The van der Waals surface area contributed by atoms with E-state index in [1.165, 1.54) is 65.7 Å². The SMILES string of the molecule is C1=C(c2ccc3c4ccccc4n(-c4cccc5c4Oc4cc(-n6c7ccccc7c7ccccc76)ccc4C54C5=C(CCCC5)Oc5ccccc54)c3c2)CCc2c1c1ccccc1n2-c1cccc2c1Oc1c(-n3c4ccccc4c4ccccc43)cccc1C21c2ccccc2Oc2ccccc21. The lowest BCUT2D eigenvalue weighted by Gasteiger charge is -2.47. The van der Waals surface area contributed by atoms with Gasteiger partial charge in [0.15, 0.2) is 17.2 Å². The zero-order valence-electron chi connectivity index (χ0n) is 57.7. The van der Waals surface area contributed by atoms with Crippen molar-refractivity contribution in [1.29, 1.82) is 0 Å². The van der Waals surface area contributed by atoms with E-state index in [1.54, 1.807) is 0 Å². The quantitative estimate of drug-likeness (QED) is 0.172.